The van der Waals surface area contributed by atoms with Crippen molar-refractivity contribution in [2.75, 3.05) is 16.8 Å². The first-order valence-electron chi connectivity index (χ1n) is 7.14. The van der Waals surface area contributed by atoms with Gasteiger partial charge in [-0.05, 0) is 24.3 Å². The number of hydrogen-bond donors (Lipinski definition) is 1. The minimum atomic E-state index is -4.74. The molecule has 23 heavy (non-hydrogen) atoms. The fraction of sp³-hybridized carbons (Fsp3) is 0.467. The summed E-state index contributed by atoms with van der Waals surface area (Å²) in [5, 5.41) is 1.42. The zero-order valence-corrected chi connectivity index (χ0v) is 14.0. The molecule has 1 atom stereocenters. The maximum atomic E-state index is 13.0. The molecule has 1 fully saturated rings. The second kappa shape index (κ2) is 5.92. The summed E-state index contributed by atoms with van der Waals surface area (Å²) in [6.07, 6.45) is -0.360. The Morgan fingerprint density at radius 2 is 1.83 bits per heavy atom. The minimum Gasteiger partial charge on any atom is -0.326 e. The number of nitrogens with zero attached hydrogens (tertiary/aromatic N) is 1. The van der Waals surface area contributed by atoms with E-state index in [0.717, 1.165) is 0 Å². The van der Waals surface area contributed by atoms with Crippen molar-refractivity contribution in [3.05, 3.63) is 24.3 Å². The first-order chi connectivity index (χ1) is 10.5. The maximum Gasteiger partial charge on any atom is 0.307 e. The van der Waals surface area contributed by atoms with Gasteiger partial charge >= 0.3 is 10.2 Å². The third-order valence-electron chi connectivity index (χ3n) is 3.61. The summed E-state index contributed by atoms with van der Waals surface area (Å²) < 4.78 is 34.9. The van der Waals surface area contributed by atoms with Gasteiger partial charge in [-0.3, -0.25) is 9.59 Å². The van der Waals surface area contributed by atoms with Crippen LogP contribution in [0.2, 0.25) is 0 Å². The van der Waals surface area contributed by atoms with E-state index in [1.54, 1.807) is 45.0 Å². The molecule has 0 spiro atoms. The molecule has 1 aromatic rings. The van der Waals surface area contributed by atoms with Gasteiger partial charge in [0.25, 0.3) is 0 Å². The average molecular weight is 342 g/mol. The normalized spacial score (nSPS) is 19.0. The van der Waals surface area contributed by atoms with Gasteiger partial charge in [-0.15, -0.1) is 3.89 Å². The van der Waals surface area contributed by atoms with Crippen LogP contribution in [0.4, 0.5) is 15.3 Å². The lowest BCUT2D eigenvalue weighted by atomic mass is 9.95. The van der Waals surface area contributed by atoms with Crippen molar-refractivity contribution in [2.45, 2.75) is 32.4 Å². The SMILES string of the molecule is CC(C)(C)C(=O)Nc1ccc(N2CC(S(=O)(=O)F)CC2=O)cc1. The van der Waals surface area contributed by atoms with Gasteiger partial charge in [-0.2, -0.15) is 8.42 Å². The van der Waals surface area contributed by atoms with Crippen LogP contribution in [0.5, 0.6) is 0 Å². The lowest BCUT2D eigenvalue weighted by molar-refractivity contribution is -0.123. The zero-order valence-electron chi connectivity index (χ0n) is 13.2. The van der Waals surface area contributed by atoms with Gasteiger partial charge in [0.2, 0.25) is 11.8 Å². The van der Waals surface area contributed by atoms with Gasteiger partial charge in [0.1, 0.15) is 5.25 Å². The molecule has 0 saturated carbocycles. The number of benzene rings is 1. The molecule has 2 amide bonds. The molecule has 1 unspecified atom stereocenters. The number of hydrogen-bond acceptors (Lipinski definition) is 4. The Labute approximate surface area is 134 Å². The molecule has 6 nitrogen and oxygen atoms in total. The lowest BCUT2D eigenvalue weighted by Crippen LogP contribution is -2.28. The monoisotopic (exact) mass is 342 g/mol. The summed E-state index contributed by atoms with van der Waals surface area (Å²) in [5.74, 6) is -0.589. The molecule has 126 valence electrons. The molecule has 0 aliphatic carbocycles. The Kier molecular flexibility index (Phi) is 4.48. The molecule has 1 aliphatic rings. The summed E-state index contributed by atoms with van der Waals surface area (Å²) in [6, 6.07) is 6.40. The van der Waals surface area contributed by atoms with Gasteiger partial charge in [0.15, 0.2) is 0 Å². The van der Waals surface area contributed by atoms with Crippen molar-refractivity contribution in [2.24, 2.45) is 5.41 Å². The van der Waals surface area contributed by atoms with E-state index in [4.69, 9.17) is 0 Å². The number of anilines is 2. The molecule has 1 aliphatic heterocycles. The molecule has 1 N–H and O–H groups in total. The van der Waals surface area contributed by atoms with Crippen molar-refractivity contribution in [1.29, 1.82) is 0 Å². The van der Waals surface area contributed by atoms with Crippen LogP contribution in [0.3, 0.4) is 0 Å². The van der Waals surface area contributed by atoms with Crippen LogP contribution in [0, 0.1) is 5.41 Å². The summed E-state index contributed by atoms with van der Waals surface area (Å²) in [7, 11) is -4.74. The van der Waals surface area contributed by atoms with Crippen LogP contribution in [0.15, 0.2) is 24.3 Å². The quantitative estimate of drug-likeness (QED) is 0.853. The van der Waals surface area contributed by atoms with Gasteiger partial charge in [0.05, 0.1) is 0 Å². The number of amides is 2. The van der Waals surface area contributed by atoms with Gasteiger partial charge < -0.3 is 10.2 Å². The fourth-order valence-corrected chi connectivity index (χ4v) is 2.83. The smallest absolute Gasteiger partial charge is 0.307 e. The topological polar surface area (TPSA) is 83.6 Å². The van der Waals surface area contributed by atoms with E-state index in [0.29, 0.717) is 11.4 Å². The molecule has 1 aromatic carbocycles. The predicted octanol–water partition coefficient (Wildman–Crippen LogP) is 2.08. The Hall–Kier alpha value is -1.96. The Balaban J connectivity index is 2.11. The minimum absolute atomic E-state index is 0.147. The van der Waals surface area contributed by atoms with E-state index in [-0.39, 0.29) is 18.9 Å². The highest BCUT2D eigenvalue weighted by Crippen LogP contribution is 2.27. The highest BCUT2D eigenvalue weighted by atomic mass is 32.3. The van der Waals surface area contributed by atoms with E-state index >= 15 is 0 Å². The molecule has 2 rings (SSSR count). The number of halogens is 1. The number of rotatable bonds is 3. The Bertz CT molecular complexity index is 723. The standard InChI is InChI=1S/C15H19FN2O4S/c1-15(2,3)14(20)17-10-4-6-11(7-5-10)18-9-12(8-13(18)19)23(16,21)22/h4-7,12H,8-9H2,1-3H3,(H,17,20). The second-order valence-electron chi connectivity index (χ2n) is 6.56. The number of carbonyl (C=O) groups is 2. The number of nitrogens with one attached hydrogen (secondary N) is 1. The van der Waals surface area contributed by atoms with E-state index < -0.39 is 26.8 Å². The summed E-state index contributed by atoms with van der Waals surface area (Å²) in [6.45, 7) is 5.16. The van der Waals surface area contributed by atoms with Gasteiger partial charge in [0, 0.05) is 29.8 Å². The maximum absolute atomic E-state index is 13.0. The van der Waals surface area contributed by atoms with Crippen LogP contribution in [-0.4, -0.2) is 32.0 Å². The van der Waals surface area contributed by atoms with E-state index in [2.05, 4.69) is 5.32 Å². The predicted molar refractivity (Wildman–Crippen MR) is 85.3 cm³/mol. The van der Waals surface area contributed by atoms with Crippen molar-refractivity contribution in [3.8, 4) is 0 Å². The summed E-state index contributed by atoms with van der Waals surface area (Å²) in [5.41, 5.74) is 0.497. The van der Waals surface area contributed by atoms with Crippen LogP contribution < -0.4 is 10.2 Å². The first-order valence-corrected chi connectivity index (χ1v) is 8.58. The Morgan fingerprint density at radius 1 is 1.26 bits per heavy atom. The third-order valence-corrected chi connectivity index (χ3v) is 4.72. The van der Waals surface area contributed by atoms with Crippen LogP contribution in [-0.2, 0) is 19.8 Å². The van der Waals surface area contributed by atoms with Crippen LogP contribution in [0.1, 0.15) is 27.2 Å². The van der Waals surface area contributed by atoms with Crippen molar-refractivity contribution in [3.63, 3.8) is 0 Å². The Morgan fingerprint density at radius 3 is 2.26 bits per heavy atom. The van der Waals surface area contributed by atoms with Gasteiger partial charge in [-0.1, -0.05) is 20.8 Å². The molecule has 1 heterocycles. The highest BCUT2D eigenvalue weighted by molar-refractivity contribution is 7.87. The van der Waals surface area contributed by atoms with Crippen LogP contribution >= 0.6 is 0 Å². The van der Waals surface area contributed by atoms with Crippen molar-refractivity contribution in [1.82, 2.24) is 0 Å². The largest absolute Gasteiger partial charge is 0.326 e. The summed E-state index contributed by atoms with van der Waals surface area (Å²) >= 11 is 0. The molecule has 0 aromatic heterocycles. The molecular weight excluding hydrogens is 323 g/mol. The van der Waals surface area contributed by atoms with Gasteiger partial charge in [-0.25, -0.2) is 0 Å². The molecular formula is C15H19FN2O4S. The fourth-order valence-electron chi connectivity index (χ4n) is 2.16. The summed E-state index contributed by atoms with van der Waals surface area (Å²) in [4.78, 5) is 25.0. The molecule has 8 heteroatoms. The second-order valence-corrected chi connectivity index (χ2v) is 8.17. The third kappa shape index (κ3) is 4.07. The van der Waals surface area contributed by atoms with E-state index in [1.807, 2.05) is 0 Å². The lowest BCUT2D eigenvalue weighted by Gasteiger charge is -2.19. The van der Waals surface area contributed by atoms with E-state index in [1.165, 1.54) is 4.90 Å². The zero-order chi connectivity index (χ0) is 17.4. The average Bonchev–Trinajstić information content (AvgIpc) is 2.80. The van der Waals surface area contributed by atoms with E-state index in [9.17, 15) is 21.9 Å². The number of carbonyl (C=O) groups excluding carboxylic acids is 2. The molecule has 0 radical (unpaired) electrons. The van der Waals surface area contributed by atoms with Crippen molar-refractivity contribution >= 4 is 33.4 Å². The first kappa shape index (κ1) is 17.4. The van der Waals surface area contributed by atoms with Crippen molar-refractivity contribution < 1.29 is 21.9 Å². The molecule has 0 bridgehead atoms. The highest BCUT2D eigenvalue weighted by Gasteiger charge is 2.39. The molecule has 1 saturated heterocycles. The van der Waals surface area contributed by atoms with Crippen LogP contribution in [0.25, 0.3) is 0 Å².